The van der Waals surface area contributed by atoms with Crippen LogP contribution in [0.15, 0.2) is 58.8 Å². The number of nitrogens with one attached hydrogen (secondary N) is 1. The van der Waals surface area contributed by atoms with Crippen molar-refractivity contribution < 1.29 is 9.90 Å². The molecule has 0 fully saturated rings. The van der Waals surface area contributed by atoms with E-state index in [-0.39, 0.29) is 12.5 Å². The standard InChI is InChI=1S/C21H28N4O2/c1-25(2)20-13-11-19(12-14-20)24-23-18-9-7-17(8-10-18)21(27)22-15-5-3-4-6-16-26/h7-14,26H,3-6,15-16H2,1-2H3,(H,22,27). The van der Waals surface area contributed by atoms with Crippen molar-refractivity contribution in [2.24, 2.45) is 10.2 Å². The van der Waals surface area contributed by atoms with Gasteiger partial charge in [-0.05, 0) is 61.4 Å². The van der Waals surface area contributed by atoms with Crippen LogP contribution in [0.2, 0.25) is 0 Å². The number of azo groups is 1. The molecule has 0 heterocycles. The number of nitrogens with zero attached hydrogens (tertiary/aromatic N) is 3. The third-order valence-electron chi connectivity index (χ3n) is 4.15. The maximum absolute atomic E-state index is 12.1. The molecule has 0 saturated heterocycles. The van der Waals surface area contributed by atoms with Crippen LogP contribution in [-0.2, 0) is 0 Å². The van der Waals surface area contributed by atoms with E-state index >= 15 is 0 Å². The molecule has 2 N–H and O–H groups in total. The summed E-state index contributed by atoms with van der Waals surface area (Å²) in [6, 6.07) is 14.9. The molecular formula is C21H28N4O2. The summed E-state index contributed by atoms with van der Waals surface area (Å²) in [4.78, 5) is 14.1. The van der Waals surface area contributed by atoms with E-state index in [4.69, 9.17) is 5.11 Å². The summed E-state index contributed by atoms with van der Waals surface area (Å²) in [6.07, 6.45) is 3.74. The molecule has 0 saturated carbocycles. The third kappa shape index (κ3) is 7.19. The first kappa shape index (κ1) is 20.6. The number of benzene rings is 2. The highest BCUT2D eigenvalue weighted by Crippen LogP contribution is 2.21. The Balaban J connectivity index is 1.82. The van der Waals surface area contributed by atoms with Crippen molar-refractivity contribution in [2.45, 2.75) is 25.7 Å². The topological polar surface area (TPSA) is 77.3 Å². The van der Waals surface area contributed by atoms with Gasteiger partial charge < -0.3 is 15.3 Å². The minimum absolute atomic E-state index is 0.0834. The van der Waals surface area contributed by atoms with Crippen LogP contribution in [0.1, 0.15) is 36.0 Å². The molecule has 2 aromatic rings. The van der Waals surface area contributed by atoms with Crippen molar-refractivity contribution in [3.05, 3.63) is 54.1 Å². The molecule has 6 heteroatoms. The summed E-state index contributed by atoms with van der Waals surface area (Å²) in [5.41, 5.74) is 3.20. The highest BCUT2D eigenvalue weighted by molar-refractivity contribution is 5.94. The van der Waals surface area contributed by atoms with Crippen molar-refractivity contribution in [1.29, 1.82) is 0 Å². The average Bonchev–Trinajstić information content (AvgIpc) is 2.69. The Kier molecular flexibility index (Phi) is 8.45. The third-order valence-corrected chi connectivity index (χ3v) is 4.15. The van der Waals surface area contributed by atoms with E-state index in [1.54, 1.807) is 24.3 Å². The Labute approximate surface area is 160 Å². The second-order valence-electron chi connectivity index (χ2n) is 6.55. The maximum atomic E-state index is 12.1. The van der Waals surface area contributed by atoms with Gasteiger partial charge in [0.2, 0.25) is 0 Å². The first-order chi connectivity index (χ1) is 13.1. The van der Waals surface area contributed by atoms with Gasteiger partial charge in [0.1, 0.15) is 0 Å². The zero-order chi connectivity index (χ0) is 19.5. The molecule has 1 amide bonds. The first-order valence-electron chi connectivity index (χ1n) is 9.28. The fraction of sp³-hybridized carbons (Fsp3) is 0.381. The molecule has 0 spiro atoms. The average molecular weight is 368 g/mol. The van der Waals surface area contributed by atoms with Crippen LogP contribution in [0, 0.1) is 0 Å². The molecule has 0 aliphatic heterocycles. The highest BCUT2D eigenvalue weighted by Gasteiger charge is 2.04. The summed E-state index contributed by atoms with van der Waals surface area (Å²) in [5.74, 6) is -0.0834. The number of anilines is 1. The van der Waals surface area contributed by atoms with E-state index in [1.165, 1.54) is 0 Å². The van der Waals surface area contributed by atoms with Crippen LogP contribution in [-0.4, -0.2) is 38.3 Å². The molecular weight excluding hydrogens is 340 g/mol. The number of hydrogen-bond acceptors (Lipinski definition) is 5. The number of carbonyl (C=O) groups is 1. The zero-order valence-electron chi connectivity index (χ0n) is 16.1. The molecule has 2 rings (SSSR count). The summed E-state index contributed by atoms with van der Waals surface area (Å²) in [6.45, 7) is 0.881. The predicted molar refractivity (Wildman–Crippen MR) is 109 cm³/mol. The largest absolute Gasteiger partial charge is 0.396 e. The SMILES string of the molecule is CN(C)c1ccc(N=Nc2ccc(C(=O)NCCCCCCO)cc2)cc1. The van der Waals surface area contributed by atoms with Crippen LogP contribution in [0.4, 0.5) is 17.1 Å². The molecule has 0 bridgehead atoms. The van der Waals surface area contributed by atoms with E-state index in [1.807, 2.05) is 43.3 Å². The van der Waals surface area contributed by atoms with Crippen molar-refractivity contribution in [3.8, 4) is 0 Å². The van der Waals surface area contributed by atoms with Gasteiger partial charge in [-0.1, -0.05) is 12.8 Å². The van der Waals surface area contributed by atoms with E-state index in [2.05, 4.69) is 15.5 Å². The van der Waals surface area contributed by atoms with Gasteiger partial charge in [-0.3, -0.25) is 4.79 Å². The monoisotopic (exact) mass is 368 g/mol. The van der Waals surface area contributed by atoms with Crippen LogP contribution >= 0.6 is 0 Å². The summed E-state index contributed by atoms with van der Waals surface area (Å²) in [7, 11) is 3.98. The normalized spacial score (nSPS) is 10.9. The highest BCUT2D eigenvalue weighted by atomic mass is 16.2. The van der Waals surface area contributed by atoms with Crippen molar-refractivity contribution in [3.63, 3.8) is 0 Å². The molecule has 0 aliphatic rings. The molecule has 27 heavy (non-hydrogen) atoms. The van der Waals surface area contributed by atoms with Gasteiger partial charge in [0, 0.05) is 38.5 Å². The van der Waals surface area contributed by atoms with Gasteiger partial charge in [-0.15, -0.1) is 0 Å². The number of aliphatic hydroxyl groups excluding tert-OH is 1. The van der Waals surface area contributed by atoms with E-state index < -0.39 is 0 Å². The second-order valence-corrected chi connectivity index (χ2v) is 6.55. The predicted octanol–water partition coefficient (Wildman–Crippen LogP) is 4.45. The zero-order valence-corrected chi connectivity index (χ0v) is 16.1. The Bertz CT molecular complexity index is 725. The molecule has 0 unspecified atom stereocenters. The van der Waals surface area contributed by atoms with Crippen LogP contribution < -0.4 is 10.2 Å². The molecule has 0 aliphatic carbocycles. The van der Waals surface area contributed by atoms with Crippen LogP contribution in [0.3, 0.4) is 0 Å². The molecule has 0 radical (unpaired) electrons. The minimum atomic E-state index is -0.0834. The fourth-order valence-electron chi connectivity index (χ4n) is 2.51. The number of hydrogen-bond donors (Lipinski definition) is 2. The Morgan fingerprint density at radius 2 is 1.44 bits per heavy atom. The van der Waals surface area contributed by atoms with Gasteiger partial charge >= 0.3 is 0 Å². The Morgan fingerprint density at radius 3 is 2.00 bits per heavy atom. The van der Waals surface area contributed by atoms with Gasteiger partial charge in [-0.25, -0.2) is 0 Å². The van der Waals surface area contributed by atoms with Crippen molar-refractivity contribution in [1.82, 2.24) is 5.32 Å². The number of amides is 1. The van der Waals surface area contributed by atoms with Gasteiger partial charge in [0.25, 0.3) is 5.91 Å². The second kappa shape index (κ2) is 11.1. The molecule has 6 nitrogen and oxygen atoms in total. The lowest BCUT2D eigenvalue weighted by Gasteiger charge is -2.11. The Morgan fingerprint density at radius 1 is 0.889 bits per heavy atom. The molecule has 0 atom stereocenters. The van der Waals surface area contributed by atoms with Gasteiger partial charge in [-0.2, -0.15) is 10.2 Å². The summed E-state index contributed by atoms with van der Waals surface area (Å²) < 4.78 is 0. The molecule has 2 aromatic carbocycles. The lowest BCUT2D eigenvalue weighted by Crippen LogP contribution is -2.24. The lowest BCUT2D eigenvalue weighted by atomic mass is 10.2. The molecule has 0 aromatic heterocycles. The van der Waals surface area contributed by atoms with E-state index in [0.717, 1.165) is 37.1 Å². The fourth-order valence-corrected chi connectivity index (χ4v) is 2.51. The van der Waals surface area contributed by atoms with Crippen molar-refractivity contribution >= 4 is 23.0 Å². The Hall–Kier alpha value is -2.73. The van der Waals surface area contributed by atoms with E-state index in [0.29, 0.717) is 17.8 Å². The lowest BCUT2D eigenvalue weighted by molar-refractivity contribution is 0.0953. The maximum Gasteiger partial charge on any atom is 0.251 e. The summed E-state index contributed by atoms with van der Waals surface area (Å²) >= 11 is 0. The number of rotatable bonds is 10. The van der Waals surface area contributed by atoms with Crippen LogP contribution in [0.5, 0.6) is 0 Å². The quantitative estimate of drug-likeness (QED) is 0.480. The van der Waals surface area contributed by atoms with Crippen LogP contribution in [0.25, 0.3) is 0 Å². The van der Waals surface area contributed by atoms with Crippen molar-refractivity contribution in [2.75, 3.05) is 32.1 Å². The van der Waals surface area contributed by atoms with E-state index in [9.17, 15) is 4.79 Å². The number of carbonyl (C=O) groups excluding carboxylic acids is 1. The van der Waals surface area contributed by atoms with Gasteiger partial charge in [0.05, 0.1) is 11.4 Å². The minimum Gasteiger partial charge on any atom is -0.396 e. The number of unbranched alkanes of at least 4 members (excludes halogenated alkanes) is 3. The summed E-state index contributed by atoms with van der Waals surface area (Å²) in [5, 5.41) is 20.1. The first-order valence-corrected chi connectivity index (χ1v) is 9.28. The molecule has 144 valence electrons. The smallest absolute Gasteiger partial charge is 0.251 e. The van der Waals surface area contributed by atoms with Gasteiger partial charge in [0.15, 0.2) is 0 Å². The number of aliphatic hydroxyl groups is 1.